The summed E-state index contributed by atoms with van der Waals surface area (Å²) in [5, 5.41) is 6.75. The molecule has 0 amide bonds. The van der Waals surface area contributed by atoms with E-state index in [1.165, 1.54) is 5.56 Å². The maximum atomic E-state index is 4.73. The van der Waals surface area contributed by atoms with Crippen molar-refractivity contribution in [1.29, 1.82) is 0 Å². The Bertz CT molecular complexity index is 743. The van der Waals surface area contributed by atoms with Crippen molar-refractivity contribution in [3.05, 3.63) is 77.9 Å². The Morgan fingerprint density at radius 1 is 0.810 bits per heavy atom. The fourth-order valence-corrected chi connectivity index (χ4v) is 2.70. The predicted octanol–water partition coefficient (Wildman–Crippen LogP) is 3.20. The van der Waals surface area contributed by atoms with E-state index in [1.54, 1.807) is 0 Å². The first-order valence-electron chi connectivity index (χ1n) is 7.15. The van der Waals surface area contributed by atoms with E-state index in [9.17, 15) is 0 Å². The number of aliphatic imine (C=N–C) groups is 1. The maximum absolute atomic E-state index is 4.73. The van der Waals surface area contributed by atoms with Crippen LogP contribution in [0.3, 0.4) is 0 Å². The molecule has 0 unspecified atom stereocenters. The van der Waals surface area contributed by atoms with Gasteiger partial charge in [-0.15, -0.1) is 0 Å². The van der Waals surface area contributed by atoms with Crippen LogP contribution in [-0.2, 0) is 0 Å². The summed E-state index contributed by atoms with van der Waals surface area (Å²) >= 11 is 0. The van der Waals surface area contributed by atoms with Crippen LogP contribution in [0.1, 0.15) is 11.1 Å². The number of allylic oxidation sites excluding steroid dienone is 1. The number of rotatable bonds is 2. The van der Waals surface area contributed by atoms with E-state index < -0.39 is 0 Å². The SMILES string of the molecule is C1=C(c2ccccc2)C2=NCCN2N=C1c1ccccc1. The molecule has 0 fully saturated rings. The number of hydrazone groups is 1. The minimum Gasteiger partial charge on any atom is -0.265 e. The van der Waals surface area contributed by atoms with E-state index in [0.717, 1.165) is 35.8 Å². The number of hydrogen-bond acceptors (Lipinski definition) is 3. The van der Waals surface area contributed by atoms with Crippen molar-refractivity contribution in [2.24, 2.45) is 10.1 Å². The summed E-state index contributed by atoms with van der Waals surface area (Å²) in [5.41, 5.74) is 4.47. The molecule has 0 aliphatic carbocycles. The van der Waals surface area contributed by atoms with Gasteiger partial charge >= 0.3 is 0 Å². The third-order valence-electron chi connectivity index (χ3n) is 3.72. The van der Waals surface area contributed by atoms with Crippen LogP contribution in [0.15, 0.2) is 76.8 Å². The fourth-order valence-electron chi connectivity index (χ4n) is 2.70. The first-order valence-corrected chi connectivity index (χ1v) is 7.15. The molecule has 3 nitrogen and oxygen atoms in total. The fraction of sp³-hybridized carbons (Fsp3) is 0.111. The van der Waals surface area contributed by atoms with E-state index in [2.05, 4.69) is 47.5 Å². The summed E-state index contributed by atoms with van der Waals surface area (Å²) in [7, 11) is 0. The van der Waals surface area contributed by atoms with Gasteiger partial charge in [0, 0.05) is 11.1 Å². The Balaban J connectivity index is 1.84. The van der Waals surface area contributed by atoms with Gasteiger partial charge in [-0.1, -0.05) is 60.7 Å². The molecule has 0 N–H and O–H groups in total. The van der Waals surface area contributed by atoms with Crippen molar-refractivity contribution < 1.29 is 0 Å². The van der Waals surface area contributed by atoms with E-state index in [1.807, 2.05) is 29.3 Å². The normalized spacial score (nSPS) is 17.0. The second kappa shape index (κ2) is 5.02. The third kappa shape index (κ3) is 2.17. The molecule has 0 atom stereocenters. The Morgan fingerprint density at radius 2 is 1.48 bits per heavy atom. The number of benzene rings is 2. The van der Waals surface area contributed by atoms with E-state index >= 15 is 0 Å². The van der Waals surface area contributed by atoms with Gasteiger partial charge < -0.3 is 0 Å². The third-order valence-corrected chi connectivity index (χ3v) is 3.72. The Morgan fingerprint density at radius 3 is 2.19 bits per heavy atom. The van der Waals surface area contributed by atoms with Crippen molar-refractivity contribution in [1.82, 2.24) is 5.01 Å². The van der Waals surface area contributed by atoms with E-state index in [4.69, 9.17) is 5.10 Å². The quantitative estimate of drug-likeness (QED) is 0.825. The molecule has 0 bridgehead atoms. The Hall–Kier alpha value is -2.68. The average Bonchev–Trinajstić information content (AvgIpc) is 3.04. The topological polar surface area (TPSA) is 28.0 Å². The summed E-state index contributed by atoms with van der Waals surface area (Å²) in [5.74, 6) is 0.987. The standard InChI is InChI=1S/C18H15N3/c1-3-7-14(8-4-1)16-13-17(15-9-5-2-6-10-15)20-21-12-11-19-18(16)21/h1-10,13H,11-12H2. The molecule has 0 aromatic heterocycles. The zero-order valence-electron chi connectivity index (χ0n) is 11.6. The van der Waals surface area contributed by atoms with Gasteiger partial charge in [-0.05, 0) is 11.6 Å². The molecule has 4 rings (SSSR count). The van der Waals surface area contributed by atoms with Crippen LogP contribution in [0, 0.1) is 0 Å². The lowest BCUT2D eigenvalue weighted by Gasteiger charge is -2.23. The highest BCUT2D eigenvalue weighted by atomic mass is 15.5. The van der Waals surface area contributed by atoms with Gasteiger partial charge in [-0.3, -0.25) is 4.99 Å². The molecular formula is C18H15N3. The van der Waals surface area contributed by atoms with Crippen LogP contribution in [0.2, 0.25) is 0 Å². The summed E-state index contributed by atoms with van der Waals surface area (Å²) in [6, 6.07) is 20.7. The molecular weight excluding hydrogens is 258 g/mol. The molecule has 2 aliphatic heterocycles. The maximum Gasteiger partial charge on any atom is 0.152 e. The van der Waals surface area contributed by atoms with Crippen LogP contribution < -0.4 is 0 Å². The molecule has 0 saturated heterocycles. The molecule has 2 aliphatic rings. The van der Waals surface area contributed by atoms with Crippen molar-refractivity contribution in [3.63, 3.8) is 0 Å². The largest absolute Gasteiger partial charge is 0.265 e. The molecule has 2 aromatic rings. The first-order chi connectivity index (χ1) is 10.4. The second-order valence-corrected chi connectivity index (χ2v) is 5.10. The number of nitrogens with zero attached hydrogens (tertiary/aromatic N) is 3. The van der Waals surface area contributed by atoms with Gasteiger partial charge in [0.15, 0.2) is 5.84 Å². The van der Waals surface area contributed by atoms with Gasteiger partial charge in [-0.2, -0.15) is 5.10 Å². The summed E-state index contributed by atoms with van der Waals surface area (Å²) in [4.78, 5) is 4.61. The van der Waals surface area contributed by atoms with Gasteiger partial charge in [0.1, 0.15) is 0 Å². The van der Waals surface area contributed by atoms with Crippen LogP contribution in [0.4, 0.5) is 0 Å². The smallest absolute Gasteiger partial charge is 0.152 e. The highest BCUT2D eigenvalue weighted by molar-refractivity contribution is 6.31. The van der Waals surface area contributed by atoms with E-state index in [-0.39, 0.29) is 0 Å². The van der Waals surface area contributed by atoms with Crippen molar-refractivity contribution in [2.45, 2.75) is 0 Å². The highest BCUT2D eigenvalue weighted by Gasteiger charge is 2.26. The lowest BCUT2D eigenvalue weighted by molar-refractivity contribution is 0.491. The van der Waals surface area contributed by atoms with E-state index in [0.29, 0.717) is 0 Å². The van der Waals surface area contributed by atoms with Gasteiger partial charge in [0.25, 0.3) is 0 Å². The first kappa shape index (κ1) is 12.1. The van der Waals surface area contributed by atoms with Crippen molar-refractivity contribution >= 4 is 17.1 Å². The Kier molecular flexibility index (Phi) is 2.89. The van der Waals surface area contributed by atoms with Crippen LogP contribution in [-0.4, -0.2) is 29.6 Å². The molecule has 0 spiro atoms. The summed E-state index contributed by atoms with van der Waals surface area (Å²) in [6.45, 7) is 1.67. The lowest BCUT2D eigenvalue weighted by atomic mass is 9.99. The van der Waals surface area contributed by atoms with Crippen LogP contribution >= 0.6 is 0 Å². The number of amidine groups is 1. The van der Waals surface area contributed by atoms with Crippen LogP contribution in [0.25, 0.3) is 5.57 Å². The minimum atomic E-state index is 0.811. The molecule has 102 valence electrons. The molecule has 2 aromatic carbocycles. The Labute approximate surface area is 123 Å². The zero-order chi connectivity index (χ0) is 14.1. The van der Waals surface area contributed by atoms with Gasteiger partial charge in [0.05, 0.1) is 18.8 Å². The molecule has 21 heavy (non-hydrogen) atoms. The second-order valence-electron chi connectivity index (χ2n) is 5.10. The highest BCUT2D eigenvalue weighted by Crippen LogP contribution is 2.26. The summed E-state index contributed by atoms with van der Waals surface area (Å²) < 4.78 is 0. The average molecular weight is 273 g/mol. The lowest BCUT2D eigenvalue weighted by Crippen LogP contribution is -2.28. The molecule has 2 heterocycles. The van der Waals surface area contributed by atoms with Crippen molar-refractivity contribution in [2.75, 3.05) is 13.1 Å². The minimum absolute atomic E-state index is 0.811. The monoisotopic (exact) mass is 273 g/mol. The predicted molar refractivity (Wildman–Crippen MR) is 86.4 cm³/mol. The van der Waals surface area contributed by atoms with Gasteiger partial charge in [0.2, 0.25) is 0 Å². The number of fused-ring (bicyclic) bond motifs is 1. The van der Waals surface area contributed by atoms with Gasteiger partial charge in [-0.25, -0.2) is 5.01 Å². The van der Waals surface area contributed by atoms with Crippen LogP contribution in [0.5, 0.6) is 0 Å². The van der Waals surface area contributed by atoms with Crippen molar-refractivity contribution in [3.8, 4) is 0 Å². The molecule has 0 saturated carbocycles. The zero-order valence-corrected chi connectivity index (χ0v) is 11.6. The summed E-state index contributed by atoms with van der Waals surface area (Å²) in [6.07, 6.45) is 2.14. The molecule has 3 heteroatoms. The molecule has 0 radical (unpaired) electrons. The number of hydrogen-bond donors (Lipinski definition) is 0.